The maximum atomic E-state index is 12.5. The van der Waals surface area contributed by atoms with Crippen LogP contribution in [0.2, 0.25) is 0 Å². The van der Waals surface area contributed by atoms with Crippen LogP contribution < -0.4 is 5.73 Å². The molecule has 0 aliphatic rings. The fraction of sp³-hybridized carbons (Fsp3) is 0.286. The Morgan fingerprint density at radius 1 is 1.62 bits per heavy atom. The number of rotatable bonds is 2. The molecule has 13 heavy (non-hydrogen) atoms. The van der Waals surface area contributed by atoms with Crippen LogP contribution in [0.3, 0.4) is 0 Å². The smallest absolute Gasteiger partial charge is 0.266 e. The van der Waals surface area contributed by atoms with Gasteiger partial charge in [-0.2, -0.15) is 0 Å². The van der Waals surface area contributed by atoms with E-state index in [-0.39, 0.29) is 15.1 Å². The summed E-state index contributed by atoms with van der Waals surface area (Å²) in [6, 6.07) is 1.46. The number of pyridine rings is 1. The minimum absolute atomic E-state index is 0.0355. The summed E-state index contributed by atoms with van der Waals surface area (Å²) in [5.74, 6) is 0.267. The summed E-state index contributed by atoms with van der Waals surface area (Å²) < 4.78 is 25.3. The lowest BCUT2D eigenvalue weighted by atomic mass is 10.1. The van der Waals surface area contributed by atoms with Gasteiger partial charge in [0.05, 0.1) is 5.56 Å². The molecule has 0 atom stereocenters. The Morgan fingerprint density at radius 3 is 2.69 bits per heavy atom. The minimum Gasteiger partial charge on any atom is -0.384 e. The van der Waals surface area contributed by atoms with E-state index in [4.69, 9.17) is 5.73 Å². The average molecular weight is 363 g/mol. The van der Waals surface area contributed by atoms with Crippen molar-refractivity contribution in [2.24, 2.45) is 0 Å². The molecule has 1 aromatic heterocycles. The number of nitrogens with two attached hydrogens (primary N) is 1. The van der Waals surface area contributed by atoms with Gasteiger partial charge in [-0.25, -0.2) is 13.8 Å². The van der Waals surface area contributed by atoms with Gasteiger partial charge in [-0.15, -0.1) is 0 Å². The zero-order valence-electron chi connectivity index (χ0n) is 6.40. The molecule has 6 heteroatoms. The summed E-state index contributed by atoms with van der Waals surface area (Å²) in [6.07, 6.45) is -2.51. The van der Waals surface area contributed by atoms with E-state index in [2.05, 4.69) is 20.9 Å². The quantitative estimate of drug-likeness (QED) is 0.499. The molecular formula is C7H6BrF2IN2. The van der Waals surface area contributed by atoms with Crippen molar-refractivity contribution in [3.8, 4) is 0 Å². The van der Waals surface area contributed by atoms with Crippen LogP contribution in [0, 0.1) is 3.70 Å². The van der Waals surface area contributed by atoms with Crippen molar-refractivity contribution in [2.45, 2.75) is 11.8 Å². The van der Waals surface area contributed by atoms with Gasteiger partial charge in [-0.05, 0) is 34.2 Å². The Bertz CT molecular complexity index is 320. The van der Waals surface area contributed by atoms with Crippen molar-refractivity contribution in [1.82, 2.24) is 4.98 Å². The summed E-state index contributed by atoms with van der Waals surface area (Å²) >= 11 is 4.88. The molecule has 0 aromatic carbocycles. The number of halogens is 4. The Labute approximate surface area is 96.2 Å². The van der Waals surface area contributed by atoms with Gasteiger partial charge >= 0.3 is 0 Å². The van der Waals surface area contributed by atoms with Crippen molar-refractivity contribution >= 4 is 44.3 Å². The number of alkyl halides is 3. The highest BCUT2D eigenvalue weighted by atomic mass is 127. The van der Waals surface area contributed by atoms with Crippen LogP contribution in [0.15, 0.2) is 6.07 Å². The zero-order valence-corrected chi connectivity index (χ0v) is 10.1. The SMILES string of the molecule is Nc1cc(CBr)c(C(F)F)c(I)n1. The highest BCUT2D eigenvalue weighted by molar-refractivity contribution is 14.1. The molecule has 0 aliphatic carbocycles. The Balaban J connectivity index is 3.30. The number of anilines is 1. The number of aromatic nitrogens is 1. The lowest BCUT2D eigenvalue weighted by Crippen LogP contribution is -2.02. The predicted octanol–water partition coefficient (Wildman–Crippen LogP) is 3.10. The lowest BCUT2D eigenvalue weighted by Gasteiger charge is -2.08. The minimum atomic E-state index is -2.51. The largest absolute Gasteiger partial charge is 0.384 e. The molecule has 1 aromatic rings. The lowest BCUT2D eigenvalue weighted by molar-refractivity contribution is 0.149. The van der Waals surface area contributed by atoms with Gasteiger partial charge in [0.25, 0.3) is 6.43 Å². The zero-order chi connectivity index (χ0) is 10.0. The second-order valence-electron chi connectivity index (χ2n) is 2.35. The highest BCUT2D eigenvalue weighted by Crippen LogP contribution is 2.29. The molecule has 1 heterocycles. The number of hydrogen-bond donors (Lipinski definition) is 1. The van der Waals surface area contributed by atoms with E-state index in [1.54, 1.807) is 22.6 Å². The number of hydrogen-bond acceptors (Lipinski definition) is 2. The van der Waals surface area contributed by atoms with Gasteiger partial charge in [-0.3, -0.25) is 0 Å². The van der Waals surface area contributed by atoms with Crippen LogP contribution in [-0.4, -0.2) is 4.98 Å². The first-order valence-corrected chi connectivity index (χ1v) is 5.55. The first-order valence-electron chi connectivity index (χ1n) is 3.35. The molecule has 72 valence electrons. The van der Waals surface area contributed by atoms with Gasteiger partial charge in [0.1, 0.15) is 9.52 Å². The van der Waals surface area contributed by atoms with E-state index in [0.717, 1.165) is 0 Å². The van der Waals surface area contributed by atoms with Crippen LogP contribution in [0.1, 0.15) is 17.6 Å². The summed E-state index contributed by atoms with van der Waals surface area (Å²) in [7, 11) is 0. The third-order valence-corrected chi connectivity index (χ3v) is 2.91. The van der Waals surface area contributed by atoms with Crippen molar-refractivity contribution in [3.63, 3.8) is 0 Å². The van der Waals surface area contributed by atoms with E-state index in [9.17, 15) is 8.78 Å². The predicted molar refractivity (Wildman–Crippen MR) is 59.0 cm³/mol. The fourth-order valence-corrected chi connectivity index (χ4v) is 2.26. The second kappa shape index (κ2) is 4.50. The third-order valence-electron chi connectivity index (χ3n) is 1.48. The van der Waals surface area contributed by atoms with Crippen molar-refractivity contribution < 1.29 is 8.78 Å². The fourth-order valence-electron chi connectivity index (χ4n) is 0.935. The van der Waals surface area contributed by atoms with Crippen molar-refractivity contribution in [1.29, 1.82) is 0 Å². The first kappa shape index (κ1) is 11.1. The average Bonchev–Trinajstić information content (AvgIpc) is 2.01. The second-order valence-corrected chi connectivity index (χ2v) is 3.93. The van der Waals surface area contributed by atoms with Crippen molar-refractivity contribution in [2.75, 3.05) is 5.73 Å². The standard InChI is InChI=1S/C7H6BrF2IN2/c8-2-3-1-4(12)13-7(11)5(3)6(9)10/h1,6H,2H2,(H2,12,13). The normalized spacial score (nSPS) is 10.8. The van der Waals surface area contributed by atoms with Crippen LogP contribution in [-0.2, 0) is 5.33 Å². The van der Waals surface area contributed by atoms with Crippen LogP contribution >= 0.6 is 38.5 Å². The van der Waals surface area contributed by atoms with E-state index in [1.807, 2.05) is 0 Å². The van der Waals surface area contributed by atoms with Crippen LogP contribution in [0.5, 0.6) is 0 Å². The maximum Gasteiger partial charge on any atom is 0.266 e. The summed E-state index contributed by atoms with van der Waals surface area (Å²) in [4.78, 5) is 3.77. The molecule has 2 N–H and O–H groups in total. The number of nitrogens with zero attached hydrogens (tertiary/aromatic N) is 1. The Hall–Kier alpha value is 0.0200. The van der Waals surface area contributed by atoms with Gasteiger partial charge in [0.2, 0.25) is 0 Å². The summed E-state index contributed by atoms with van der Waals surface area (Å²) in [5.41, 5.74) is 5.88. The first-order chi connectivity index (χ1) is 6.06. The number of nitrogen functional groups attached to an aromatic ring is 1. The highest BCUT2D eigenvalue weighted by Gasteiger charge is 2.17. The molecule has 0 aliphatic heterocycles. The van der Waals surface area contributed by atoms with Gasteiger partial charge in [-0.1, -0.05) is 15.9 Å². The maximum absolute atomic E-state index is 12.5. The van der Waals surface area contributed by atoms with Gasteiger partial charge in [0.15, 0.2) is 0 Å². The molecule has 0 radical (unpaired) electrons. The van der Waals surface area contributed by atoms with Crippen LogP contribution in [0.4, 0.5) is 14.6 Å². The monoisotopic (exact) mass is 362 g/mol. The van der Waals surface area contributed by atoms with Gasteiger partial charge in [0, 0.05) is 5.33 Å². The van der Waals surface area contributed by atoms with E-state index in [0.29, 0.717) is 10.9 Å². The molecule has 0 unspecified atom stereocenters. The van der Waals surface area contributed by atoms with Crippen molar-refractivity contribution in [3.05, 3.63) is 20.9 Å². The van der Waals surface area contributed by atoms with E-state index in [1.165, 1.54) is 6.07 Å². The Kier molecular flexibility index (Phi) is 3.84. The topological polar surface area (TPSA) is 38.9 Å². The molecule has 0 saturated heterocycles. The van der Waals surface area contributed by atoms with E-state index < -0.39 is 6.43 Å². The third kappa shape index (κ3) is 2.49. The molecule has 0 spiro atoms. The molecule has 1 rings (SSSR count). The summed E-state index contributed by atoms with van der Waals surface area (Å²) in [5, 5.41) is 0.357. The Morgan fingerprint density at radius 2 is 2.23 bits per heavy atom. The molecule has 0 amide bonds. The molecule has 0 bridgehead atoms. The molecular weight excluding hydrogens is 357 g/mol. The van der Waals surface area contributed by atoms with Crippen LogP contribution in [0.25, 0.3) is 0 Å². The molecule has 0 fully saturated rings. The summed E-state index contributed by atoms with van der Waals surface area (Å²) in [6.45, 7) is 0. The molecule has 0 saturated carbocycles. The van der Waals surface area contributed by atoms with Gasteiger partial charge < -0.3 is 5.73 Å². The van der Waals surface area contributed by atoms with E-state index >= 15 is 0 Å². The molecule has 2 nitrogen and oxygen atoms in total.